The molecule has 0 saturated carbocycles. The Kier molecular flexibility index (Phi) is 7.33. The second kappa shape index (κ2) is 11.7. The third-order valence-electron chi connectivity index (χ3n) is 7.01. The van der Waals surface area contributed by atoms with Crippen molar-refractivity contribution in [1.29, 1.82) is 0 Å². The zero-order valence-corrected chi connectivity index (χ0v) is 22.2. The molecule has 0 aromatic heterocycles. The molecule has 0 aliphatic heterocycles. The van der Waals surface area contributed by atoms with Gasteiger partial charge in [-0.1, -0.05) is 140 Å². The topological polar surface area (TPSA) is 43.4 Å². The summed E-state index contributed by atoms with van der Waals surface area (Å²) in [6, 6.07) is 50.5. The highest BCUT2D eigenvalue weighted by Crippen LogP contribution is 2.47. The van der Waals surface area contributed by atoms with Crippen LogP contribution in [0.15, 0.2) is 158 Å². The molecule has 0 spiro atoms. The first-order valence-electron chi connectivity index (χ1n) is 13.4. The Balaban J connectivity index is 1.70. The maximum absolute atomic E-state index is 14.0. The fourth-order valence-electron chi connectivity index (χ4n) is 5.16. The Morgan fingerprint density at radius 1 is 0.390 bits per heavy atom. The van der Waals surface area contributed by atoms with E-state index in [1.54, 1.807) is 24.3 Å². The van der Waals surface area contributed by atoms with Crippen LogP contribution in [0.1, 0.15) is 20.7 Å². The number of hydrogen-bond donors (Lipinski definition) is 0. The van der Waals surface area contributed by atoms with Crippen LogP contribution in [0.2, 0.25) is 0 Å². The summed E-state index contributed by atoms with van der Waals surface area (Å²) in [5, 5.41) is 0. The van der Waals surface area contributed by atoms with Crippen LogP contribution in [0.3, 0.4) is 0 Å². The molecule has 41 heavy (non-hydrogen) atoms. The molecular weight excluding hydrogens is 504 g/mol. The van der Waals surface area contributed by atoms with Crippen LogP contribution in [0.25, 0.3) is 44.5 Å². The third-order valence-corrected chi connectivity index (χ3v) is 7.01. The first kappa shape index (κ1) is 25.7. The van der Waals surface area contributed by atoms with Gasteiger partial charge in [0.2, 0.25) is 0 Å². The maximum Gasteiger partial charge on any atom is 0.346 e. The Morgan fingerprint density at radius 2 is 0.780 bits per heavy atom. The van der Waals surface area contributed by atoms with Crippen molar-refractivity contribution in [2.75, 3.05) is 0 Å². The van der Waals surface area contributed by atoms with Crippen LogP contribution >= 0.6 is 0 Å². The van der Waals surface area contributed by atoms with Crippen molar-refractivity contribution >= 4 is 11.9 Å². The summed E-state index contributed by atoms with van der Waals surface area (Å²) in [5.41, 5.74) is 7.86. The molecule has 0 atom stereocenters. The van der Waals surface area contributed by atoms with Gasteiger partial charge in [0.1, 0.15) is 0 Å². The average Bonchev–Trinajstić information content (AvgIpc) is 3.05. The zero-order valence-electron chi connectivity index (χ0n) is 22.2. The quantitative estimate of drug-likeness (QED) is 0.159. The number of esters is 2. The van der Waals surface area contributed by atoms with Crippen LogP contribution in [0.4, 0.5) is 0 Å². The van der Waals surface area contributed by atoms with E-state index in [2.05, 4.69) is 12.1 Å². The van der Waals surface area contributed by atoms with Gasteiger partial charge >= 0.3 is 11.9 Å². The van der Waals surface area contributed by atoms with Crippen LogP contribution in [-0.4, -0.2) is 11.9 Å². The Labute approximate surface area is 239 Å². The summed E-state index contributed by atoms with van der Waals surface area (Å²) >= 11 is 0. The van der Waals surface area contributed by atoms with Gasteiger partial charge in [-0.3, -0.25) is 0 Å². The lowest BCUT2D eigenvalue weighted by atomic mass is 9.80. The molecule has 6 aromatic carbocycles. The third kappa shape index (κ3) is 5.34. The van der Waals surface area contributed by atoms with Crippen LogP contribution in [-0.2, 0) is 4.74 Å². The predicted molar refractivity (Wildman–Crippen MR) is 164 cm³/mol. The lowest BCUT2D eigenvalue weighted by Crippen LogP contribution is -2.15. The molecule has 0 heterocycles. The van der Waals surface area contributed by atoms with Crippen molar-refractivity contribution in [2.45, 2.75) is 0 Å². The maximum atomic E-state index is 14.0. The van der Waals surface area contributed by atoms with Gasteiger partial charge in [0.25, 0.3) is 0 Å². The molecule has 196 valence electrons. The first-order chi connectivity index (χ1) is 20.2. The van der Waals surface area contributed by atoms with Crippen LogP contribution < -0.4 is 0 Å². The molecule has 0 saturated heterocycles. The minimum atomic E-state index is -0.702. The van der Waals surface area contributed by atoms with Gasteiger partial charge in [-0.05, 0) is 57.1 Å². The van der Waals surface area contributed by atoms with Crippen molar-refractivity contribution in [3.63, 3.8) is 0 Å². The molecule has 3 heteroatoms. The van der Waals surface area contributed by atoms with Gasteiger partial charge in [0.15, 0.2) is 0 Å². The number of hydrogen-bond acceptors (Lipinski definition) is 3. The fourth-order valence-corrected chi connectivity index (χ4v) is 5.16. The van der Waals surface area contributed by atoms with Crippen molar-refractivity contribution < 1.29 is 14.3 Å². The van der Waals surface area contributed by atoms with Gasteiger partial charge in [-0.2, -0.15) is 0 Å². The summed E-state index contributed by atoms with van der Waals surface area (Å²) in [5.74, 6) is -1.39. The molecule has 3 nitrogen and oxygen atoms in total. The summed E-state index contributed by atoms with van der Waals surface area (Å²) in [6.07, 6.45) is 0. The van der Waals surface area contributed by atoms with E-state index in [4.69, 9.17) is 4.74 Å². The first-order valence-corrected chi connectivity index (χ1v) is 13.4. The molecule has 6 aromatic rings. The molecular formula is C38H26O3. The standard InChI is InChI=1S/C38H26O3/c39-37(31-24-14-5-15-25-31)41-38(40)33-26-32(27-16-6-1-7-17-27)34(28-18-8-2-9-19-28)36(30-22-12-4-13-23-30)35(33)29-20-10-3-11-21-29/h1-26H. The number of rotatable bonds is 6. The second-order valence-corrected chi connectivity index (χ2v) is 9.60. The Morgan fingerprint density at radius 3 is 1.27 bits per heavy atom. The highest BCUT2D eigenvalue weighted by atomic mass is 16.6. The van der Waals surface area contributed by atoms with E-state index in [0.29, 0.717) is 16.7 Å². The van der Waals surface area contributed by atoms with Crippen molar-refractivity contribution in [3.05, 3.63) is 169 Å². The summed E-state index contributed by atoms with van der Waals surface area (Å²) in [6.45, 7) is 0. The number of benzene rings is 6. The lowest BCUT2D eigenvalue weighted by Gasteiger charge is -2.23. The highest BCUT2D eigenvalue weighted by molar-refractivity contribution is 6.13. The van der Waals surface area contributed by atoms with Gasteiger partial charge < -0.3 is 4.74 Å². The molecule has 0 aliphatic carbocycles. The monoisotopic (exact) mass is 530 g/mol. The number of carbonyl (C=O) groups is 2. The summed E-state index contributed by atoms with van der Waals surface area (Å²) < 4.78 is 5.53. The molecule has 0 bridgehead atoms. The molecule has 6 rings (SSSR count). The zero-order chi connectivity index (χ0) is 28.0. The SMILES string of the molecule is O=C(OC(=O)c1cc(-c2ccccc2)c(-c2ccccc2)c(-c2ccccc2)c1-c1ccccc1)c1ccccc1. The van der Waals surface area contributed by atoms with E-state index in [0.717, 1.165) is 38.9 Å². The van der Waals surface area contributed by atoms with E-state index >= 15 is 0 Å². The second-order valence-electron chi connectivity index (χ2n) is 9.60. The molecule has 0 N–H and O–H groups in total. The van der Waals surface area contributed by atoms with Crippen molar-refractivity contribution in [3.8, 4) is 44.5 Å². The Hall–Kier alpha value is -5.54. The predicted octanol–water partition coefficient (Wildman–Crippen LogP) is 9.35. The van der Waals surface area contributed by atoms with Crippen molar-refractivity contribution in [2.24, 2.45) is 0 Å². The van der Waals surface area contributed by atoms with E-state index in [1.165, 1.54) is 0 Å². The average molecular weight is 531 g/mol. The van der Waals surface area contributed by atoms with Crippen LogP contribution in [0.5, 0.6) is 0 Å². The molecule has 0 radical (unpaired) electrons. The molecule has 0 amide bonds. The summed E-state index contributed by atoms with van der Waals surface area (Å²) in [7, 11) is 0. The lowest BCUT2D eigenvalue weighted by molar-refractivity contribution is 0.0398. The van der Waals surface area contributed by atoms with Gasteiger partial charge in [-0.15, -0.1) is 0 Å². The summed E-state index contributed by atoms with van der Waals surface area (Å²) in [4.78, 5) is 27.0. The minimum absolute atomic E-state index is 0.314. The smallest absolute Gasteiger partial charge is 0.346 e. The number of ether oxygens (including phenoxy) is 1. The molecule has 0 aliphatic rings. The van der Waals surface area contributed by atoms with Crippen LogP contribution in [0, 0.1) is 0 Å². The number of carbonyl (C=O) groups excluding carboxylic acids is 2. The highest BCUT2D eigenvalue weighted by Gasteiger charge is 2.27. The van der Waals surface area contributed by atoms with Gasteiger partial charge in [0, 0.05) is 5.56 Å². The largest absolute Gasteiger partial charge is 0.386 e. The molecule has 0 fully saturated rings. The van der Waals surface area contributed by atoms with E-state index in [-0.39, 0.29) is 0 Å². The van der Waals surface area contributed by atoms with Crippen molar-refractivity contribution in [1.82, 2.24) is 0 Å². The van der Waals surface area contributed by atoms with E-state index in [9.17, 15) is 9.59 Å². The normalized spacial score (nSPS) is 10.6. The molecule has 0 unspecified atom stereocenters. The van der Waals surface area contributed by atoms with Gasteiger partial charge in [-0.25, -0.2) is 9.59 Å². The van der Waals surface area contributed by atoms with Gasteiger partial charge in [0.05, 0.1) is 11.1 Å². The minimum Gasteiger partial charge on any atom is -0.386 e. The van der Waals surface area contributed by atoms with E-state index < -0.39 is 11.9 Å². The van der Waals surface area contributed by atoms with E-state index in [1.807, 2.05) is 121 Å². The fraction of sp³-hybridized carbons (Fsp3) is 0. The Bertz CT molecular complexity index is 1800.